The molecule has 0 amide bonds. The molecule has 5 nitrogen and oxygen atoms in total. The molecule has 0 radical (unpaired) electrons. The fraction of sp³-hybridized carbons (Fsp3) is 0.0345. The molecule has 0 unspecified atom stereocenters. The van der Waals surface area contributed by atoms with Crippen LogP contribution in [-0.2, 0) is 5.54 Å². The Hall–Kier alpha value is -4.64. The van der Waals surface area contributed by atoms with Crippen LogP contribution in [0, 0.1) is 0 Å². The van der Waals surface area contributed by atoms with Gasteiger partial charge in [-0.25, -0.2) is 9.78 Å². The van der Waals surface area contributed by atoms with Gasteiger partial charge in [-0.1, -0.05) is 97.1 Å². The van der Waals surface area contributed by atoms with E-state index in [2.05, 4.69) is 45.9 Å². The summed E-state index contributed by atoms with van der Waals surface area (Å²) >= 11 is 0. The van der Waals surface area contributed by atoms with Crippen LogP contribution in [0.3, 0.4) is 0 Å². The van der Waals surface area contributed by atoms with Crippen LogP contribution >= 0.6 is 0 Å². The summed E-state index contributed by atoms with van der Waals surface area (Å²) < 4.78 is 2.12. The second kappa shape index (κ2) is 8.71. The van der Waals surface area contributed by atoms with Gasteiger partial charge in [-0.05, 0) is 28.8 Å². The first-order chi connectivity index (χ1) is 16.6. The summed E-state index contributed by atoms with van der Waals surface area (Å²) in [4.78, 5) is 16.3. The maximum Gasteiger partial charge on any atom is 0.337 e. The van der Waals surface area contributed by atoms with E-state index in [4.69, 9.17) is 5.73 Å². The van der Waals surface area contributed by atoms with E-state index in [9.17, 15) is 9.90 Å². The normalized spacial score (nSPS) is 11.3. The number of carboxylic acid groups (broad SMARTS) is 1. The third-order valence-corrected chi connectivity index (χ3v) is 6.15. The summed E-state index contributed by atoms with van der Waals surface area (Å²) in [6.07, 6.45) is 3.57. The van der Waals surface area contributed by atoms with Crippen LogP contribution in [-0.4, -0.2) is 20.6 Å². The molecule has 5 rings (SSSR count). The topological polar surface area (TPSA) is 81.1 Å². The van der Waals surface area contributed by atoms with Crippen molar-refractivity contribution in [1.29, 1.82) is 0 Å². The Labute approximate surface area is 197 Å². The number of carboxylic acids is 1. The van der Waals surface area contributed by atoms with Crippen molar-refractivity contribution in [3.05, 3.63) is 144 Å². The first kappa shape index (κ1) is 21.2. The van der Waals surface area contributed by atoms with Crippen LogP contribution in [0.2, 0.25) is 0 Å². The first-order valence-corrected chi connectivity index (χ1v) is 10.9. The Bertz CT molecular complexity index is 1330. The molecule has 166 valence electrons. The summed E-state index contributed by atoms with van der Waals surface area (Å²) in [5, 5.41) is 9.65. The van der Waals surface area contributed by atoms with Gasteiger partial charge >= 0.3 is 5.97 Å². The molecule has 0 saturated carbocycles. The first-order valence-electron chi connectivity index (χ1n) is 10.9. The molecular weight excluding hydrogens is 422 g/mol. The molecule has 3 N–H and O–H groups in total. The van der Waals surface area contributed by atoms with Crippen molar-refractivity contribution >= 4 is 11.7 Å². The molecule has 1 aromatic heterocycles. The molecule has 0 aliphatic carbocycles. The number of aromatic nitrogens is 2. The van der Waals surface area contributed by atoms with Crippen molar-refractivity contribution in [2.75, 3.05) is 5.73 Å². The molecule has 0 spiro atoms. The standard InChI is InChI=1S/C29H23N3O2/c30-26-17-16-21(18-25(26)28(33)34)27-19-31-20-32(27)29(22-10-4-1-5-11-22,23-12-6-2-7-13-23)24-14-8-3-9-15-24/h1-20H,30H2,(H,33,34). The maximum absolute atomic E-state index is 11.8. The van der Waals surface area contributed by atoms with Crippen LogP contribution in [0.15, 0.2) is 122 Å². The van der Waals surface area contributed by atoms with E-state index >= 15 is 0 Å². The molecule has 0 bridgehead atoms. The van der Waals surface area contributed by atoms with Gasteiger partial charge in [0, 0.05) is 11.3 Å². The highest BCUT2D eigenvalue weighted by molar-refractivity contribution is 5.95. The molecule has 0 atom stereocenters. The zero-order valence-corrected chi connectivity index (χ0v) is 18.4. The van der Waals surface area contributed by atoms with Crippen LogP contribution in [0.4, 0.5) is 5.69 Å². The second-order valence-electron chi connectivity index (χ2n) is 8.06. The molecular formula is C29H23N3O2. The minimum Gasteiger partial charge on any atom is -0.478 e. The van der Waals surface area contributed by atoms with E-state index in [0.29, 0.717) is 0 Å². The van der Waals surface area contributed by atoms with Gasteiger partial charge in [-0.2, -0.15) is 0 Å². The van der Waals surface area contributed by atoms with Crippen LogP contribution < -0.4 is 5.73 Å². The van der Waals surface area contributed by atoms with Gasteiger partial charge in [-0.15, -0.1) is 0 Å². The number of benzene rings is 4. The van der Waals surface area contributed by atoms with Crippen LogP contribution in [0.5, 0.6) is 0 Å². The molecule has 0 fully saturated rings. The molecule has 0 saturated heterocycles. The Morgan fingerprint density at radius 1 is 0.765 bits per heavy atom. The summed E-state index contributed by atoms with van der Waals surface area (Å²) in [5.41, 5.74) is 10.1. The number of anilines is 1. The van der Waals surface area contributed by atoms with E-state index in [1.165, 1.54) is 0 Å². The van der Waals surface area contributed by atoms with Gasteiger partial charge in [0.15, 0.2) is 0 Å². The predicted octanol–water partition coefficient (Wildman–Crippen LogP) is 5.67. The van der Waals surface area contributed by atoms with Crippen molar-refractivity contribution in [1.82, 2.24) is 9.55 Å². The molecule has 5 aromatic rings. The summed E-state index contributed by atoms with van der Waals surface area (Å²) in [7, 11) is 0. The van der Waals surface area contributed by atoms with E-state index in [0.717, 1.165) is 27.9 Å². The Balaban J connectivity index is 1.88. The fourth-order valence-electron chi connectivity index (χ4n) is 4.63. The minimum absolute atomic E-state index is 0.0648. The molecule has 1 heterocycles. The largest absolute Gasteiger partial charge is 0.478 e. The van der Waals surface area contributed by atoms with Crippen LogP contribution in [0.1, 0.15) is 27.0 Å². The summed E-state index contributed by atoms with van der Waals surface area (Å²) in [6, 6.07) is 35.9. The van der Waals surface area contributed by atoms with E-state index in [1.807, 2.05) is 60.7 Å². The van der Waals surface area contributed by atoms with Crippen molar-refractivity contribution in [2.24, 2.45) is 0 Å². The highest BCUT2D eigenvalue weighted by atomic mass is 16.4. The molecule has 4 aromatic carbocycles. The lowest BCUT2D eigenvalue weighted by molar-refractivity contribution is 0.0698. The monoisotopic (exact) mass is 445 g/mol. The average molecular weight is 446 g/mol. The van der Waals surface area contributed by atoms with E-state index in [1.54, 1.807) is 24.7 Å². The van der Waals surface area contributed by atoms with Gasteiger partial charge in [0.25, 0.3) is 0 Å². The number of nitrogen functional groups attached to an aromatic ring is 1. The minimum atomic E-state index is -1.06. The second-order valence-corrected chi connectivity index (χ2v) is 8.06. The third kappa shape index (κ3) is 3.44. The quantitative estimate of drug-likeness (QED) is 0.261. The summed E-state index contributed by atoms with van der Waals surface area (Å²) in [5.74, 6) is -1.06. The average Bonchev–Trinajstić information content (AvgIpc) is 3.37. The van der Waals surface area contributed by atoms with Gasteiger partial charge in [0.1, 0.15) is 5.54 Å². The number of hydrogen-bond donors (Lipinski definition) is 2. The number of carbonyl (C=O) groups is 1. The zero-order valence-electron chi connectivity index (χ0n) is 18.4. The van der Waals surface area contributed by atoms with Gasteiger partial charge in [0.2, 0.25) is 0 Å². The zero-order chi connectivity index (χ0) is 23.5. The third-order valence-electron chi connectivity index (χ3n) is 6.15. The molecule has 0 aliphatic heterocycles. The Morgan fingerprint density at radius 3 is 1.74 bits per heavy atom. The molecule has 34 heavy (non-hydrogen) atoms. The Kier molecular flexibility index (Phi) is 5.44. The number of imidazole rings is 1. The maximum atomic E-state index is 11.8. The van der Waals surface area contributed by atoms with Crippen molar-refractivity contribution in [3.63, 3.8) is 0 Å². The van der Waals surface area contributed by atoms with Crippen molar-refractivity contribution in [3.8, 4) is 11.3 Å². The van der Waals surface area contributed by atoms with E-state index < -0.39 is 11.5 Å². The number of rotatable bonds is 6. The number of nitrogens with two attached hydrogens (primary N) is 1. The highest BCUT2D eigenvalue weighted by Crippen LogP contribution is 2.43. The molecule has 5 heteroatoms. The highest BCUT2D eigenvalue weighted by Gasteiger charge is 2.39. The SMILES string of the molecule is Nc1ccc(-c2cncn2C(c2ccccc2)(c2ccccc2)c2ccccc2)cc1C(=O)O. The van der Waals surface area contributed by atoms with Gasteiger partial charge in [0.05, 0.1) is 23.8 Å². The van der Waals surface area contributed by atoms with Crippen molar-refractivity contribution in [2.45, 2.75) is 5.54 Å². The van der Waals surface area contributed by atoms with E-state index in [-0.39, 0.29) is 11.3 Å². The fourth-order valence-corrected chi connectivity index (χ4v) is 4.63. The smallest absolute Gasteiger partial charge is 0.337 e. The van der Waals surface area contributed by atoms with Gasteiger partial charge in [-0.3, -0.25) is 0 Å². The summed E-state index contributed by atoms with van der Waals surface area (Å²) in [6.45, 7) is 0. The lowest BCUT2D eigenvalue weighted by Gasteiger charge is -2.38. The van der Waals surface area contributed by atoms with Crippen LogP contribution in [0.25, 0.3) is 11.3 Å². The number of nitrogens with zero attached hydrogens (tertiary/aromatic N) is 2. The Morgan fingerprint density at radius 2 is 1.26 bits per heavy atom. The lowest BCUT2D eigenvalue weighted by atomic mass is 9.76. The number of aromatic carboxylic acids is 1. The lowest BCUT2D eigenvalue weighted by Crippen LogP contribution is -2.37. The van der Waals surface area contributed by atoms with Crippen molar-refractivity contribution < 1.29 is 9.90 Å². The van der Waals surface area contributed by atoms with Gasteiger partial charge < -0.3 is 15.4 Å². The predicted molar refractivity (Wildman–Crippen MR) is 134 cm³/mol. The molecule has 0 aliphatic rings. The number of hydrogen-bond acceptors (Lipinski definition) is 3.